The summed E-state index contributed by atoms with van der Waals surface area (Å²) in [6, 6.07) is 6.27. The van der Waals surface area contributed by atoms with Gasteiger partial charge >= 0.3 is 0 Å². The average Bonchev–Trinajstić information content (AvgIpc) is 2.89. The number of rotatable bonds is 2. The van der Waals surface area contributed by atoms with Crippen LogP contribution in [0.5, 0.6) is 5.75 Å². The van der Waals surface area contributed by atoms with E-state index >= 15 is 0 Å². The molecule has 1 aliphatic carbocycles. The Bertz CT molecular complexity index is 344. The molecule has 0 bridgehead atoms. The number of ether oxygens (including phenoxy) is 1. The van der Waals surface area contributed by atoms with Gasteiger partial charge in [-0.2, -0.15) is 0 Å². The summed E-state index contributed by atoms with van der Waals surface area (Å²) in [7, 11) is 0. The summed E-state index contributed by atoms with van der Waals surface area (Å²) in [4.78, 5) is 0. The van der Waals surface area contributed by atoms with E-state index in [4.69, 9.17) is 4.74 Å². The predicted octanol–water partition coefficient (Wildman–Crippen LogP) is 3.78. The molecule has 1 nitrogen and oxygen atoms in total. The third-order valence-corrected chi connectivity index (χ3v) is 3.20. The first-order chi connectivity index (χ1) is 6.93. The minimum absolute atomic E-state index is 0.0369. The standard InChI is InChI=1S/C13H17FO/c1-12(2,3)13(8-9-13)15-11-6-4-10(14)5-7-11/h4-7H,8-9H2,1-3H3. The fourth-order valence-electron chi connectivity index (χ4n) is 1.85. The van der Waals surface area contributed by atoms with Crippen molar-refractivity contribution in [2.75, 3.05) is 0 Å². The van der Waals surface area contributed by atoms with Gasteiger partial charge in [-0.05, 0) is 37.1 Å². The van der Waals surface area contributed by atoms with Crippen LogP contribution < -0.4 is 4.74 Å². The smallest absolute Gasteiger partial charge is 0.123 e. The van der Waals surface area contributed by atoms with Gasteiger partial charge in [0, 0.05) is 5.41 Å². The van der Waals surface area contributed by atoms with Gasteiger partial charge in [0.15, 0.2) is 0 Å². The second-order valence-corrected chi connectivity index (χ2v) is 5.30. The summed E-state index contributed by atoms with van der Waals surface area (Å²) in [6.45, 7) is 6.55. The fourth-order valence-corrected chi connectivity index (χ4v) is 1.85. The van der Waals surface area contributed by atoms with Crippen LogP contribution in [0.2, 0.25) is 0 Å². The zero-order valence-electron chi connectivity index (χ0n) is 9.51. The molecule has 0 atom stereocenters. The molecule has 0 aromatic heterocycles. The van der Waals surface area contributed by atoms with Gasteiger partial charge in [-0.15, -0.1) is 0 Å². The van der Waals surface area contributed by atoms with Crippen LogP contribution in [0.3, 0.4) is 0 Å². The molecular formula is C13H17FO. The molecule has 0 unspecified atom stereocenters. The Hall–Kier alpha value is -1.05. The molecule has 0 aliphatic heterocycles. The zero-order chi connectivity index (χ0) is 11.1. The SMILES string of the molecule is CC(C)(C)C1(Oc2ccc(F)cc2)CC1. The maximum atomic E-state index is 12.7. The monoisotopic (exact) mass is 208 g/mol. The van der Waals surface area contributed by atoms with Crippen molar-refractivity contribution in [1.82, 2.24) is 0 Å². The van der Waals surface area contributed by atoms with Crippen molar-refractivity contribution in [1.29, 1.82) is 0 Å². The minimum Gasteiger partial charge on any atom is -0.487 e. The van der Waals surface area contributed by atoms with Crippen molar-refractivity contribution < 1.29 is 9.13 Å². The normalized spacial score (nSPS) is 18.7. The highest BCUT2D eigenvalue weighted by Crippen LogP contribution is 2.52. The zero-order valence-corrected chi connectivity index (χ0v) is 9.51. The van der Waals surface area contributed by atoms with E-state index in [9.17, 15) is 4.39 Å². The van der Waals surface area contributed by atoms with Gasteiger partial charge in [-0.25, -0.2) is 4.39 Å². The summed E-state index contributed by atoms with van der Waals surface area (Å²) in [6.07, 6.45) is 2.18. The molecule has 1 aromatic carbocycles. The Kier molecular flexibility index (Phi) is 2.25. The van der Waals surface area contributed by atoms with E-state index in [1.165, 1.54) is 12.1 Å². The molecule has 1 aromatic rings. The quantitative estimate of drug-likeness (QED) is 0.718. The summed E-state index contributed by atoms with van der Waals surface area (Å²) in [5, 5.41) is 0. The molecule has 2 rings (SSSR count). The highest BCUT2D eigenvalue weighted by atomic mass is 19.1. The van der Waals surface area contributed by atoms with Crippen LogP contribution in [0.1, 0.15) is 33.6 Å². The maximum Gasteiger partial charge on any atom is 0.123 e. The highest BCUT2D eigenvalue weighted by Gasteiger charge is 2.54. The summed E-state index contributed by atoms with van der Waals surface area (Å²) < 4.78 is 18.7. The Morgan fingerprint density at radius 1 is 1.13 bits per heavy atom. The van der Waals surface area contributed by atoms with E-state index in [2.05, 4.69) is 20.8 Å². The molecule has 1 fully saturated rings. The van der Waals surface area contributed by atoms with Gasteiger partial charge in [-0.1, -0.05) is 20.8 Å². The summed E-state index contributed by atoms with van der Waals surface area (Å²) >= 11 is 0. The largest absolute Gasteiger partial charge is 0.487 e. The van der Waals surface area contributed by atoms with Crippen LogP contribution in [-0.2, 0) is 0 Å². The molecule has 2 heteroatoms. The van der Waals surface area contributed by atoms with Gasteiger partial charge in [0.2, 0.25) is 0 Å². The summed E-state index contributed by atoms with van der Waals surface area (Å²) in [5.41, 5.74) is 0.103. The predicted molar refractivity (Wildman–Crippen MR) is 58.4 cm³/mol. The molecule has 82 valence electrons. The van der Waals surface area contributed by atoms with E-state index in [-0.39, 0.29) is 16.8 Å². The Morgan fingerprint density at radius 2 is 1.67 bits per heavy atom. The molecule has 0 N–H and O–H groups in total. The first-order valence-corrected chi connectivity index (χ1v) is 5.38. The molecule has 0 radical (unpaired) electrons. The van der Waals surface area contributed by atoms with Crippen molar-refractivity contribution in [3.63, 3.8) is 0 Å². The van der Waals surface area contributed by atoms with E-state index in [1.807, 2.05) is 0 Å². The first kappa shape index (κ1) is 10.5. The molecule has 15 heavy (non-hydrogen) atoms. The van der Waals surface area contributed by atoms with Gasteiger partial charge in [-0.3, -0.25) is 0 Å². The first-order valence-electron chi connectivity index (χ1n) is 5.38. The third-order valence-electron chi connectivity index (χ3n) is 3.20. The topological polar surface area (TPSA) is 9.23 Å². The van der Waals surface area contributed by atoms with E-state index < -0.39 is 0 Å². The summed E-state index contributed by atoms with van der Waals surface area (Å²) in [5.74, 6) is 0.548. The molecule has 0 amide bonds. The van der Waals surface area contributed by atoms with Crippen molar-refractivity contribution in [2.45, 2.75) is 39.2 Å². The van der Waals surface area contributed by atoms with E-state index in [1.54, 1.807) is 12.1 Å². The maximum absolute atomic E-state index is 12.7. The Balaban J connectivity index is 2.13. The van der Waals surface area contributed by atoms with Crippen molar-refractivity contribution in [3.05, 3.63) is 30.1 Å². The third kappa shape index (κ3) is 1.99. The molecule has 0 spiro atoms. The van der Waals surface area contributed by atoms with Crippen molar-refractivity contribution >= 4 is 0 Å². The van der Waals surface area contributed by atoms with Crippen LogP contribution in [-0.4, -0.2) is 5.60 Å². The van der Waals surface area contributed by atoms with E-state index in [0.29, 0.717) is 0 Å². The van der Waals surface area contributed by atoms with Crippen molar-refractivity contribution in [2.24, 2.45) is 5.41 Å². The van der Waals surface area contributed by atoms with Crippen LogP contribution in [0, 0.1) is 11.2 Å². The van der Waals surface area contributed by atoms with Gasteiger partial charge < -0.3 is 4.74 Å². The molecular weight excluding hydrogens is 191 g/mol. The Labute approximate surface area is 90.3 Å². The number of hydrogen-bond acceptors (Lipinski definition) is 1. The van der Waals surface area contributed by atoms with E-state index in [0.717, 1.165) is 18.6 Å². The number of hydrogen-bond donors (Lipinski definition) is 0. The number of benzene rings is 1. The van der Waals surface area contributed by atoms with Crippen LogP contribution in [0.4, 0.5) is 4.39 Å². The van der Waals surface area contributed by atoms with Crippen LogP contribution >= 0.6 is 0 Å². The molecule has 0 saturated heterocycles. The lowest BCUT2D eigenvalue weighted by molar-refractivity contribution is 0.0619. The van der Waals surface area contributed by atoms with Crippen molar-refractivity contribution in [3.8, 4) is 5.75 Å². The molecule has 1 saturated carbocycles. The second kappa shape index (κ2) is 3.22. The average molecular weight is 208 g/mol. The minimum atomic E-state index is -0.219. The number of halogens is 1. The van der Waals surface area contributed by atoms with Crippen LogP contribution in [0.25, 0.3) is 0 Å². The second-order valence-electron chi connectivity index (χ2n) is 5.30. The lowest BCUT2D eigenvalue weighted by Crippen LogP contribution is -2.34. The molecule has 1 aliphatic rings. The van der Waals surface area contributed by atoms with Gasteiger partial charge in [0.25, 0.3) is 0 Å². The Morgan fingerprint density at radius 3 is 2.07 bits per heavy atom. The fraction of sp³-hybridized carbons (Fsp3) is 0.538. The lowest BCUT2D eigenvalue weighted by Gasteiger charge is -2.31. The van der Waals surface area contributed by atoms with Gasteiger partial charge in [0.05, 0.1) is 0 Å². The lowest BCUT2D eigenvalue weighted by atomic mass is 9.86. The van der Waals surface area contributed by atoms with Crippen LogP contribution in [0.15, 0.2) is 24.3 Å². The van der Waals surface area contributed by atoms with Gasteiger partial charge in [0.1, 0.15) is 17.2 Å². The molecule has 0 heterocycles. The highest BCUT2D eigenvalue weighted by molar-refractivity contribution is 5.25.